The summed E-state index contributed by atoms with van der Waals surface area (Å²) in [5, 5.41) is 2.87. The highest BCUT2D eigenvalue weighted by Gasteiger charge is 2.14. The van der Waals surface area contributed by atoms with Crippen LogP contribution in [-0.2, 0) is 11.3 Å². The fraction of sp³-hybridized carbons (Fsp3) is 0.130. The van der Waals surface area contributed by atoms with Gasteiger partial charge in [0.1, 0.15) is 5.70 Å². The molecule has 0 saturated carbocycles. The van der Waals surface area contributed by atoms with E-state index in [1.165, 1.54) is 10.6 Å². The van der Waals surface area contributed by atoms with Gasteiger partial charge >= 0.3 is 0 Å². The molecular formula is C23H22N2O4. The summed E-state index contributed by atoms with van der Waals surface area (Å²) in [6.07, 6.45) is 3.21. The van der Waals surface area contributed by atoms with Crippen molar-refractivity contribution in [3.63, 3.8) is 0 Å². The Bertz CT molecular complexity index is 1070. The van der Waals surface area contributed by atoms with Crippen molar-refractivity contribution in [2.24, 2.45) is 0 Å². The highest BCUT2D eigenvalue weighted by Crippen LogP contribution is 2.28. The summed E-state index contributed by atoms with van der Waals surface area (Å²) in [5.41, 5.74) is 1.57. The van der Waals surface area contributed by atoms with Crippen LogP contribution in [0.5, 0.6) is 11.5 Å². The molecule has 0 aliphatic heterocycles. The molecule has 0 bridgehead atoms. The van der Waals surface area contributed by atoms with Gasteiger partial charge in [0.15, 0.2) is 11.5 Å². The number of nitrogens with zero attached hydrogens (tertiary/aromatic N) is 1. The van der Waals surface area contributed by atoms with E-state index in [2.05, 4.69) is 5.32 Å². The first-order valence-electron chi connectivity index (χ1n) is 9.06. The van der Waals surface area contributed by atoms with Crippen molar-refractivity contribution in [3.8, 4) is 11.5 Å². The molecule has 1 aromatic heterocycles. The van der Waals surface area contributed by atoms with Gasteiger partial charge in [-0.25, -0.2) is 0 Å². The van der Waals surface area contributed by atoms with Crippen molar-refractivity contribution in [2.75, 3.05) is 14.2 Å². The van der Waals surface area contributed by atoms with Crippen molar-refractivity contribution in [3.05, 3.63) is 94.4 Å². The van der Waals surface area contributed by atoms with Gasteiger partial charge in [0, 0.05) is 18.8 Å². The number of hydrogen-bond donors (Lipinski definition) is 1. The van der Waals surface area contributed by atoms with Gasteiger partial charge in [-0.3, -0.25) is 14.2 Å². The van der Waals surface area contributed by atoms with Gasteiger partial charge in [-0.1, -0.05) is 42.5 Å². The summed E-state index contributed by atoms with van der Waals surface area (Å²) in [4.78, 5) is 25.3. The van der Waals surface area contributed by atoms with E-state index in [1.807, 2.05) is 30.3 Å². The maximum absolute atomic E-state index is 13.0. The zero-order valence-corrected chi connectivity index (χ0v) is 16.3. The number of aromatic nitrogens is 1. The molecule has 0 aliphatic carbocycles. The van der Waals surface area contributed by atoms with E-state index in [9.17, 15) is 9.59 Å². The Morgan fingerprint density at radius 2 is 1.69 bits per heavy atom. The minimum atomic E-state index is -0.364. The number of nitrogens with one attached hydrogen (secondary N) is 1. The van der Waals surface area contributed by atoms with Gasteiger partial charge < -0.3 is 14.8 Å². The average molecular weight is 390 g/mol. The lowest BCUT2D eigenvalue weighted by Gasteiger charge is -2.13. The normalized spacial score (nSPS) is 11.0. The Hall–Kier alpha value is -3.80. The van der Waals surface area contributed by atoms with Crippen LogP contribution in [0.3, 0.4) is 0 Å². The average Bonchev–Trinajstić information content (AvgIpc) is 2.77. The number of ether oxygens (including phenoxy) is 2. The first-order chi connectivity index (χ1) is 14.1. The predicted octanol–water partition coefficient (Wildman–Crippen LogP) is 3.18. The highest BCUT2D eigenvalue weighted by atomic mass is 16.5. The van der Waals surface area contributed by atoms with Crippen LogP contribution in [0.25, 0.3) is 11.8 Å². The molecule has 0 saturated heterocycles. The Kier molecular flexibility index (Phi) is 6.47. The second kappa shape index (κ2) is 9.41. The van der Waals surface area contributed by atoms with Gasteiger partial charge in [0.2, 0.25) is 0 Å². The van der Waals surface area contributed by atoms with Gasteiger partial charge in [-0.2, -0.15) is 0 Å². The van der Waals surface area contributed by atoms with Crippen LogP contribution >= 0.6 is 0 Å². The molecule has 1 amide bonds. The lowest BCUT2D eigenvalue weighted by Crippen LogP contribution is -2.30. The highest BCUT2D eigenvalue weighted by molar-refractivity contribution is 6.18. The van der Waals surface area contributed by atoms with Crippen molar-refractivity contribution in [1.82, 2.24) is 9.88 Å². The Morgan fingerprint density at radius 3 is 2.38 bits per heavy atom. The molecule has 148 valence electrons. The molecule has 6 nitrogen and oxygen atoms in total. The minimum absolute atomic E-state index is 0.207. The van der Waals surface area contributed by atoms with E-state index in [1.54, 1.807) is 56.8 Å². The fourth-order valence-corrected chi connectivity index (χ4v) is 2.84. The van der Waals surface area contributed by atoms with E-state index in [0.29, 0.717) is 23.6 Å². The summed E-state index contributed by atoms with van der Waals surface area (Å²) in [6.45, 7) is 0.352. The number of amides is 1. The van der Waals surface area contributed by atoms with E-state index in [0.717, 1.165) is 5.56 Å². The van der Waals surface area contributed by atoms with E-state index < -0.39 is 0 Å². The Balaban J connectivity index is 1.97. The topological polar surface area (TPSA) is 69.6 Å². The summed E-state index contributed by atoms with van der Waals surface area (Å²) >= 11 is 0. The number of methoxy groups -OCH3 is 2. The van der Waals surface area contributed by atoms with Gasteiger partial charge in [-0.15, -0.1) is 0 Å². The quantitative estimate of drug-likeness (QED) is 0.629. The van der Waals surface area contributed by atoms with Gasteiger partial charge in [-0.05, 0) is 35.4 Å². The maximum Gasteiger partial charge on any atom is 0.268 e. The van der Waals surface area contributed by atoms with Crippen LogP contribution in [0.1, 0.15) is 11.1 Å². The molecule has 3 rings (SSSR count). The summed E-state index contributed by atoms with van der Waals surface area (Å²) in [7, 11) is 3.10. The molecule has 6 heteroatoms. The van der Waals surface area contributed by atoms with Crippen molar-refractivity contribution in [2.45, 2.75) is 6.54 Å². The molecule has 2 aromatic carbocycles. The molecule has 0 radical (unpaired) electrons. The number of rotatable bonds is 7. The molecule has 0 unspecified atom stereocenters. The van der Waals surface area contributed by atoms with Gasteiger partial charge in [0.25, 0.3) is 11.5 Å². The third kappa shape index (κ3) is 4.93. The van der Waals surface area contributed by atoms with E-state index in [4.69, 9.17) is 9.47 Å². The monoisotopic (exact) mass is 390 g/mol. The van der Waals surface area contributed by atoms with Crippen LogP contribution in [0.4, 0.5) is 0 Å². The molecule has 0 aliphatic rings. The number of carbonyl (C=O) groups excluding carboxylic acids is 1. The molecule has 3 aromatic rings. The third-order valence-electron chi connectivity index (χ3n) is 4.32. The van der Waals surface area contributed by atoms with Crippen LogP contribution < -0.4 is 20.3 Å². The predicted molar refractivity (Wildman–Crippen MR) is 113 cm³/mol. The zero-order valence-electron chi connectivity index (χ0n) is 16.3. The Labute approximate surface area is 169 Å². The van der Waals surface area contributed by atoms with Crippen LogP contribution in [-0.4, -0.2) is 24.7 Å². The Morgan fingerprint density at radius 1 is 0.966 bits per heavy atom. The summed E-state index contributed by atoms with van der Waals surface area (Å²) in [5.74, 6) is 0.749. The minimum Gasteiger partial charge on any atom is -0.493 e. The van der Waals surface area contributed by atoms with Crippen LogP contribution in [0.15, 0.2) is 77.7 Å². The van der Waals surface area contributed by atoms with Crippen molar-refractivity contribution in [1.29, 1.82) is 0 Å². The van der Waals surface area contributed by atoms with Crippen LogP contribution in [0, 0.1) is 0 Å². The van der Waals surface area contributed by atoms with Crippen molar-refractivity contribution < 1.29 is 14.3 Å². The standard InChI is InChI=1S/C23H22N2O4/c1-28-20-12-11-18(15-21(20)29-2)14-19(25-13-7-6-10-22(25)26)23(27)24-16-17-8-4-3-5-9-17/h3-15H,16H2,1-2H3,(H,24,27)/b19-14+. The first-order valence-corrected chi connectivity index (χ1v) is 9.06. The summed E-state index contributed by atoms with van der Waals surface area (Å²) in [6, 6.07) is 19.6. The van der Waals surface area contributed by atoms with Crippen LogP contribution in [0.2, 0.25) is 0 Å². The molecule has 1 N–H and O–H groups in total. The number of benzene rings is 2. The summed E-state index contributed by atoms with van der Waals surface area (Å²) < 4.78 is 11.9. The zero-order chi connectivity index (χ0) is 20.6. The second-order valence-electron chi connectivity index (χ2n) is 6.22. The number of carbonyl (C=O) groups is 1. The third-order valence-corrected chi connectivity index (χ3v) is 4.32. The molecular weight excluding hydrogens is 368 g/mol. The van der Waals surface area contributed by atoms with Gasteiger partial charge in [0.05, 0.1) is 14.2 Å². The lowest BCUT2D eigenvalue weighted by molar-refractivity contribution is -0.116. The molecule has 0 spiro atoms. The van der Waals surface area contributed by atoms with E-state index >= 15 is 0 Å². The molecule has 0 fully saturated rings. The fourth-order valence-electron chi connectivity index (χ4n) is 2.84. The second-order valence-corrected chi connectivity index (χ2v) is 6.22. The maximum atomic E-state index is 13.0. The molecule has 29 heavy (non-hydrogen) atoms. The molecule has 0 atom stereocenters. The first kappa shape index (κ1) is 19.9. The molecule has 1 heterocycles. The lowest BCUT2D eigenvalue weighted by atomic mass is 10.1. The SMILES string of the molecule is COc1ccc(/C=C(\C(=O)NCc2ccccc2)n2ccccc2=O)cc1OC. The largest absolute Gasteiger partial charge is 0.493 e. The number of pyridine rings is 1. The number of hydrogen-bond acceptors (Lipinski definition) is 4. The smallest absolute Gasteiger partial charge is 0.268 e. The van der Waals surface area contributed by atoms with E-state index in [-0.39, 0.29) is 17.2 Å². The van der Waals surface area contributed by atoms with Crippen molar-refractivity contribution >= 4 is 17.7 Å².